The van der Waals surface area contributed by atoms with E-state index in [9.17, 15) is 4.79 Å². The van der Waals surface area contributed by atoms with Gasteiger partial charge in [0.1, 0.15) is 0 Å². The highest BCUT2D eigenvalue weighted by molar-refractivity contribution is 7.12. The van der Waals surface area contributed by atoms with E-state index in [4.69, 9.17) is 0 Å². The predicted octanol–water partition coefficient (Wildman–Crippen LogP) is 3.76. The van der Waals surface area contributed by atoms with Crippen molar-refractivity contribution < 1.29 is 4.79 Å². The minimum atomic E-state index is 0.361. The number of hydrogen-bond donors (Lipinski definition) is 0. The van der Waals surface area contributed by atoms with Crippen molar-refractivity contribution in [1.82, 2.24) is 0 Å². The molecule has 0 saturated heterocycles. The molecule has 1 aliphatic carbocycles. The zero-order chi connectivity index (χ0) is 9.97. The highest BCUT2D eigenvalue weighted by Gasteiger charge is 2.42. The lowest BCUT2D eigenvalue weighted by Crippen LogP contribution is -2.00. The summed E-state index contributed by atoms with van der Waals surface area (Å²) in [6.07, 6.45) is 4.91. The summed E-state index contributed by atoms with van der Waals surface area (Å²) in [5.74, 6) is 1.45. The average Bonchev–Trinajstić information content (AvgIpc) is 2.75. The van der Waals surface area contributed by atoms with Gasteiger partial charge in [0.15, 0.2) is 5.78 Å². The van der Waals surface area contributed by atoms with Crippen LogP contribution in [0.15, 0.2) is 17.5 Å². The monoisotopic (exact) mass is 208 g/mol. The van der Waals surface area contributed by atoms with Gasteiger partial charge in [0, 0.05) is 5.92 Å². The number of carbonyl (C=O) groups excluding carboxylic acids is 1. The standard InChI is InChI=1S/C12H16OS/c1-2-3-5-9-8-10(9)12(13)11-6-4-7-14-11/h4,6-7,9-10H,2-3,5,8H2,1H3/t9-,10-/m0/s1. The zero-order valence-corrected chi connectivity index (χ0v) is 9.35. The van der Waals surface area contributed by atoms with E-state index in [0.29, 0.717) is 17.6 Å². The minimum Gasteiger partial charge on any atom is -0.293 e. The Morgan fingerprint density at radius 3 is 3.14 bits per heavy atom. The molecule has 0 spiro atoms. The van der Waals surface area contributed by atoms with Gasteiger partial charge in [0.05, 0.1) is 4.88 Å². The maximum absolute atomic E-state index is 11.9. The molecule has 1 fully saturated rings. The molecule has 1 nitrogen and oxygen atoms in total. The summed E-state index contributed by atoms with van der Waals surface area (Å²) < 4.78 is 0. The van der Waals surface area contributed by atoms with Crippen LogP contribution in [-0.4, -0.2) is 5.78 Å². The molecule has 0 aliphatic heterocycles. The first-order valence-electron chi connectivity index (χ1n) is 5.40. The summed E-state index contributed by atoms with van der Waals surface area (Å²) in [6, 6.07) is 3.91. The third-order valence-corrected chi connectivity index (χ3v) is 3.84. The van der Waals surface area contributed by atoms with E-state index >= 15 is 0 Å². The van der Waals surface area contributed by atoms with Crippen molar-refractivity contribution in [2.45, 2.75) is 32.6 Å². The Labute approximate surface area is 89.1 Å². The number of hydrogen-bond acceptors (Lipinski definition) is 2. The quantitative estimate of drug-likeness (QED) is 0.673. The maximum atomic E-state index is 11.9. The third kappa shape index (κ3) is 2.06. The fraction of sp³-hybridized carbons (Fsp3) is 0.583. The Hall–Kier alpha value is -0.630. The Kier molecular flexibility index (Phi) is 3.02. The first-order chi connectivity index (χ1) is 6.83. The SMILES string of the molecule is CCCC[C@H]1C[C@@H]1C(=O)c1cccs1. The molecule has 1 saturated carbocycles. The van der Waals surface area contributed by atoms with Crippen molar-refractivity contribution in [1.29, 1.82) is 0 Å². The topological polar surface area (TPSA) is 17.1 Å². The molecular weight excluding hydrogens is 192 g/mol. The molecule has 2 rings (SSSR count). The summed E-state index contributed by atoms with van der Waals surface area (Å²) in [4.78, 5) is 12.8. The van der Waals surface area contributed by atoms with Crippen LogP contribution in [0.3, 0.4) is 0 Å². The van der Waals surface area contributed by atoms with Crippen molar-refractivity contribution in [2.75, 3.05) is 0 Å². The van der Waals surface area contributed by atoms with Crippen LogP contribution in [0.5, 0.6) is 0 Å². The summed E-state index contributed by atoms with van der Waals surface area (Å²) in [7, 11) is 0. The molecule has 0 bridgehead atoms. The molecular formula is C12H16OS. The van der Waals surface area contributed by atoms with Gasteiger partial charge in [-0.15, -0.1) is 11.3 Å². The van der Waals surface area contributed by atoms with Crippen LogP contribution in [0.1, 0.15) is 42.3 Å². The highest BCUT2D eigenvalue weighted by Crippen LogP contribution is 2.44. The van der Waals surface area contributed by atoms with Crippen LogP contribution in [0.25, 0.3) is 0 Å². The van der Waals surface area contributed by atoms with Crippen molar-refractivity contribution >= 4 is 17.1 Å². The highest BCUT2D eigenvalue weighted by atomic mass is 32.1. The molecule has 1 aliphatic rings. The molecule has 2 heteroatoms. The van der Waals surface area contributed by atoms with Gasteiger partial charge >= 0.3 is 0 Å². The lowest BCUT2D eigenvalue weighted by Gasteiger charge is -1.96. The Bertz CT molecular complexity index is 302. The molecule has 1 aromatic heterocycles. The second-order valence-corrected chi connectivity index (χ2v) is 5.03. The number of carbonyl (C=O) groups is 1. The first-order valence-corrected chi connectivity index (χ1v) is 6.28. The molecule has 76 valence electrons. The summed E-state index contributed by atoms with van der Waals surface area (Å²) >= 11 is 1.58. The number of ketones is 1. The summed E-state index contributed by atoms with van der Waals surface area (Å²) in [5.41, 5.74) is 0. The second kappa shape index (κ2) is 4.26. The lowest BCUT2D eigenvalue weighted by atomic mass is 10.1. The van der Waals surface area contributed by atoms with E-state index in [1.165, 1.54) is 19.3 Å². The number of rotatable bonds is 5. The largest absolute Gasteiger partial charge is 0.293 e. The number of unbranched alkanes of at least 4 members (excludes halogenated alkanes) is 1. The molecule has 2 atom stereocenters. The lowest BCUT2D eigenvalue weighted by molar-refractivity contribution is 0.0964. The third-order valence-electron chi connectivity index (χ3n) is 2.95. The molecule has 0 amide bonds. The molecule has 0 N–H and O–H groups in total. The van der Waals surface area contributed by atoms with Crippen LogP contribution in [0.4, 0.5) is 0 Å². The van der Waals surface area contributed by atoms with Gasteiger partial charge in [-0.25, -0.2) is 0 Å². The van der Waals surface area contributed by atoms with E-state index in [1.807, 2.05) is 17.5 Å². The van der Waals surface area contributed by atoms with Crippen LogP contribution >= 0.6 is 11.3 Å². The van der Waals surface area contributed by atoms with E-state index < -0.39 is 0 Å². The minimum absolute atomic E-state index is 0.361. The molecule has 14 heavy (non-hydrogen) atoms. The molecule has 0 unspecified atom stereocenters. The predicted molar refractivity (Wildman–Crippen MR) is 59.8 cm³/mol. The smallest absolute Gasteiger partial charge is 0.176 e. The van der Waals surface area contributed by atoms with Crippen molar-refractivity contribution in [2.24, 2.45) is 11.8 Å². The average molecular weight is 208 g/mol. The Balaban J connectivity index is 1.85. The fourth-order valence-electron chi connectivity index (χ4n) is 1.96. The van der Waals surface area contributed by atoms with Crippen LogP contribution in [0.2, 0.25) is 0 Å². The molecule has 1 heterocycles. The van der Waals surface area contributed by atoms with Gasteiger partial charge < -0.3 is 0 Å². The maximum Gasteiger partial charge on any atom is 0.176 e. The van der Waals surface area contributed by atoms with Crippen molar-refractivity contribution in [3.05, 3.63) is 22.4 Å². The molecule has 0 radical (unpaired) electrons. The first kappa shape index (κ1) is 9.91. The van der Waals surface area contributed by atoms with Crippen molar-refractivity contribution in [3.63, 3.8) is 0 Å². The van der Waals surface area contributed by atoms with Crippen LogP contribution in [0, 0.1) is 11.8 Å². The number of Topliss-reactive ketones (excluding diaryl/α,β-unsaturated/α-hetero) is 1. The van der Waals surface area contributed by atoms with Gasteiger partial charge in [-0.3, -0.25) is 4.79 Å². The van der Waals surface area contributed by atoms with E-state index in [-0.39, 0.29) is 0 Å². The fourth-order valence-corrected chi connectivity index (χ4v) is 2.68. The van der Waals surface area contributed by atoms with Gasteiger partial charge in [0.25, 0.3) is 0 Å². The Morgan fingerprint density at radius 1 is 1.64 bits per heavy atom. The van der Waals surface area contributed by atoms with Crippen LogP contribution < -0.4 is 0 Å². The van der Waals surface area contributed by atoms with Gasteiger partial charge in [-0.2, -0.15) is 0 Å². The Morgan fingerprint density at radius 2 is 2.50 bits per heavy atom. The van der Waals surface area contributed by atoms with Crippen molar-refractivity contribution in [3.8, 4) is 0 Å². The van der Waals surface area contributed by atoms with Gasteiger partial charge in [-0.05, 0) is 30.2 Å². The summed E-state index contributed by atoms with van der Waals surface area (Å²) in [6.45, 7) is 2.21. The normalized spacial score (nSPS) is 24.9. The van der Waals surface area contributed by atoms with Gasteiger partial charge in [-0.1, -0.05) is 25.8 Å². The summed E-state index contributed by atoms with van der Waals surface area (Å²) in [5, 5.41) is 1.98. The zero-order valence-electron chi connectivity index (χ0n) is 8.53. The van der Waals surface area contributed by atoms with E-state index in [2.05, 4.69) is 6.92 Å². The molecule has 0 aromatic carbocycles. The van der Waals surface area contributed by atoms with E-state index in [1.54, 1.807) is 11.3 Å². The van der Waals surface area contributed by atoms with Gasteiger partial charge in [0.2, 0.25) is 0 Å². The number of thiophene rings is 1. The second-order valence-electron chi connectivity index (χ2n) is 4.09. The van der Waals surface area contributed by atoms with E-state index in [0.717, 1.165) is 11.3 Å². The van der Waals surface area contributed by atoms with Crippen LogP contribution in [-0.2, 0) is 0 Å². The molecule has 1 aromatic rings.